The van der Waals surface area contributed by atoms with Crippen LogP contribution < -0.4 is 10.6 Å². The largest absolute Gasteiger partial charge is 0.361 e. The van der Waals surface area contributed by atoms with E-state index in [1.807, 2.05) is 30.5 Å². The number of hydrogen-bond acceptors (Lipinski definition) is 3. The molecule has 1 aliphatic carbocycles. The number of rotatable bonds is 7. The minimum Gasteiger partial charge on any atom is -0.361 e. The van der Waals surface area contributed by atoms with Gasteiger partial charge in [0.1, 0.15) is 6.04 Å². The molecule has 1 saturated carbocycles. The summed E-state index contributed by atoms with van der Waals surface area (Å²) in [7, 11) is 0. The van der Waals surface area contributed by atoms with E-state index in [1.54, 1.807) is 0 Å². The van der Waals surface area contributed by atoms with Crippen LogP contribution >= 0.6 is 0 Å². The molecule has 3 N–H and O–H groups in total. The minimum absolute atomic E-state index is 0.0233. The van der Waals surface area contributed by atoms with E-state index >= 15 is 0 Å². The molecule has 2 fully saturated rings. The smallest absolute Gasteiger partial charge is 0.324 e. The first-order valence-electron chi connectivity index (χ1n) is 11.6. The number of imide groups is 1. The molecule has 166 valence electrons. The Morgan fingerprint density at radius 3 is 2.61 bits per heavy atom. The predicted octanol–water partition coefficient (Wildman–Crippen LogP) is 3.64. The normalized spacial score (nSPS) is 20.5. The fourth-order valence-corrected chi connectivity index (χ4v) is 4.73. The molecule has 1 atom stereocenters. The number of amides is 4. The van der Waals surface area contributed by atoms with Gasteiger partial charge in [-0.25, -0.2) is 4.79 Å². The van der Waals surface area contributed by atoms with Gasteiger partial charge in [-0.3, -0.25) is 14.5 Å². The first-order chi connectivity index (χ1) is 15.1. The van der Waals surface area contributed by atoms with Gasteiger partial charge in [0.15, 0.2) is 0 Å². The van der Waals surface area contributed by atoms with Crippen molar-refractivity contribution in [3.05, 3.63) is 36.0 Å². The summed E-state index contributed by atoms with van der Waals surface area (Å²) in [5.41, 5.74) is 2.13. The number of benzene rings is 1. The number of nitrogens with zero attached hydrogens (tertiary/aromatic N) is 1. The van der Waals surface area contributed by atoms with Crippen LogP contribution in [0.5, 0.6) is 0 Å². The van der Waals surface area contributed by atoms with Crippen molar-refractivity contribution >= 4 is 28.7 Å². The van der Waals surface area contributed by atoms with Gasteiger partial charge >= 0.3 is 6.03 Å². The van der Waals surface area contributed by atoms with E-state index < -0.39 is 6.04 Å². The molecule has 2 aliphatic rings. The SMILES string of the molecule is O=C(CC[C@H]1NC(=O)N(CCc2c[nH]c3ccccc23)C1=O)NC1CCCCCCC1. The van der Waals surface area contributed by atoms with Gasteiger partial charge in [0.25, 0.3) is 5.91 Å². The number of urea groups is 1. The van der Waals surface area contributed by atoms with Crippen LogP contribution in [0.15, 0.2) is 30.5 Å². The molecule has 1 saturated heterocycles. The van der Waals surface area contributed by atoms with Crippen molar-refractivity contribution in [1.82, 2.24) is 20.5 Å². The van der Waals surface area contributed by atoms with E-state index in [0.29, 0.717) is 19.4 Å². The Morgan fingerprint density at radius 2 is 1.81 bits per heavy atom. The zero-order valence-corrected chi connectivity index (χ0v) is 18.0. The number of nitrogens with one attached hydrogen (secondary N) is 3. The van der Waals surface area contributed by atoms with Gasteiger partial charge in [0.05, 0.1) is 0 Å². The van der Waals surface area contributed by atoms with E-state index in [-0.39, 0.29) is 30.3 Å². The van der Waals surface area contributed by atoms with Gasteiger partial charge in [-0.1, -0.05) is 50.3 Å². The van der Waals surface area contributed by atoms with Crippen molar-refractivity contribution < 1.29 is 14.4 Å². The molecule has 1 aromatic heterocycles. The highest BCUT2D eigenvalue weighted by molar-refractivity contribution is 6.04. The maximum Gasteiger partial charge on any atom is 0.324 e. The molecular weight excluding hydrogens is 392 g/mol. The van der Waals surface area contributed by atoms with Crippen LogP contribution in [0.2, 0.25) is 0 Å². The van der Waals surface area contributed by atoms with Gasteiger partial charge in [0, 0.05) is 36.1 Å². The summed E-state index contributed by atoms with van der Waals surface area (Å²) < 4.78 is 0. The van der Waals surface area contributed by atoms with Crippen molar-refractivity contribution in [2.75, 3.05) is 6.54 Å². The third-order valence-corrected chi connectivity index (χ3v) is 6.52. The van der Waals surface area contributed by atoms with Gasteiger partial charge in [-0.15, -0.1) is 0 Å². The number of fused-ring (bicyclic) bond motifs is 1. The van der Waals surface area contributed by atoms with Crippen molar-refractivity contribution in [2.24, 2.45) is 0 Å². The summed E-state index contributed by atoms with van der Waals surface area (Å²) in [6.07, 6.45) is 11.3. The van der Waals surface area contributed by atoms with Crippen LogP contribution in [0.4, 0.5) is 4.79 Å². The second-order valence-electron chi connectivity index (χ2n) is 8.75. The second-order valence-corrected chi connectivity index (χ2v) is 8.75. The number of carbonyl (C=O) groups excluding carboxylic acids is 3. The minimum atomic E-state index is -0.612. The number of hydrogen-bond donors (Lipinski definition) is 3. The third-order valence-electron chi connectivity index (χ3n) is 6.52. The molecule has 2 heterocycles. The number of carbonyl (C=O) groups is 3. The summed E-state index contributed by atoms with van der Waals surface area (Å²) in [5, 5.41) is 6.98. The van der Waals surface area contributed by atoms with E-state index in [1.165, 1.54) is 24.2 Å². The second kappa shape index (κ2) is 9.98. The average molecular weight is 425 g/mol. The lowest BCUT2D eigenvalue weighted by Gasteiger charge is -2.21. The van der Waals surface area contributed by atoms with Gasteiger partial charge in [-0.05, 0) is 37.3 Å². The molecule has 0 bridgehead atoms. The van der Waals surface area contributed by atoms with E-state index in [4.69, 9.17) is 0 Å². The Labute approximate surface area is 182 Å². The topological polar surface area (TPSA) is 94.3 Å². The van der Waals surface area contributed by atoms with Crippen molar-refractivity contribution in [3.63, 3.8) is 0 Å². The maximum absolute atomic E-state index is 12.7. The Balaban J connectivity index is 1.25. The highest BCUT2D eigenvalue weighted by Gasteiger charge is 2.37. The Bertz CT molecular complexity index is 930. The van der Waals surface area contributed by atoms with Crippen LogP contribution in [0.1, 0.15) is 63.4 Å². The van der Waals surface area contributed by atoms with Gasteiger partial charge < -0.3 is 15.6 Å². The van der Waals surface area contributed by atoms with Gasteiger partial charge in [0.2, 0.25) is 5.91 Å². The number of H-pyrrole nitrogens is 1. The van der Waals surface area contributed by atoms with Gasteiger partial charge in [-0.2, -0.15) is 0 Å². The highest BCUT2D eigenvalue weighted by Crippen LogP contribution is 2.20. The highest BCUT2D eigenvalue weighted by atomic mass is 16.2. The first-order valence-corrected chi connectivity index (χ1v) is 11.6. The molecule has 0 unspecified atom stereocenters. The molecule has 7 heteroatoms. The van der Waals surface area contributed by atoms with E-state index in [9.17, 15) is 14.4 Å². The molecule has 1 aliphatic heterocycles. The molecule has 0 radical (unpaired) electrons. The van der Waals surface area contributed by atoms with Crippen LogP contribution in [-0.4, -0.2) is 46.4 Å². The summed E-state index contributed by atoms with van der Waals surface area (Å²) in [6, 6.07) is 7.25. The first kappa shape index (κ1) is 21.4. The fourth-order valence-electron chi connectivity index (χ4n) is 4.73. The molecule has 1 aromatic carbocycles. The fraction of sp³-hybridized carbons (Fsp3) is 0.542. The van der Waals surface area contributed by atoms with Crippen LogP contribution in [0.25, 0.3) is 10.9 Å². The van der Waals surface area contributed by atoms with Crippen molar-refractivity contribution in [2.45, 2.75) is 76.3 Å². The van der Waals surface area contributed by atoms with Crippen molar-refractivity contribution in [3.8, 4) is 0 Å². The average Bonchev–Trinajstić information content (AvgIpc) is 3.27. The molecule has 4 amide bonds. The molecule has 7 nitrogen and oxygen atoms in total. The standard InChI is InChI=1S/C24H32N4O3/c29-22(26-18-8-4-2-1-3-5-9-18)13-12-21-23(30)28(24(31)27-21)15-14-17-16-25-20-11-7-6-10-19(17)20/h6-7,10-11,16,18,21,25H,1-5,8-9,12-15H2,(H,26,29)(H,27,31)/t21-/m1/s1. The lowest BCUT2D eigenvalue weighted by atomic mass is 9.96. The molecule has 31 heavy (non-hydrogen) atoms. The zero-order valence-electron chi connectivity index (χ0n) is 18.0. The summed E-state index contributed by atoms with van der Waals surface area (Å²) in [5.74, 6) is -0.256. The summed E-state index contributed by atoms with van der Waals surface area (Å²) >= 11 is 0. The van der Waals surface area contributed by atoms with Crippen molar-refractivity contribution in [1.29, 1.82) is 0 Å². The Morgan fingerprint density at radius 1 is 1.06 bits per heavy atom. The van der Waals surface area contributed by atoms with E-state index in [0.717, 1.165) is 42.1 Å². The Hall–Kier alpha value is -2.83. The van der Waals surface area contributed by atoms with Crippen LogP contribution in [-0.2, 0) is 16.0 Å². The molecule has 4 rings (SSSR count). The summed E-state index contributed by atoms with van der Waals surface area (Å²) in [6.45, 7) is 0.331. The van der Waals surface area contributed by atoms with E-state index in [2.05, 4.69) is 15.6 Å². The number of aromatic amines is 1. The molecule has 2 aromatic rings. The predicted molar refractivity (Wildman–Crippen MR) is 120 cm³/mol. The lowest BCUT2D eigenvalue weighted by molar-refractivity contribution is -0.127. The number of aromatic nitrogens is 1. The monoisotopic (exact) mass is 424 g/mol. The summed E-state index contributed by atoms with van der Waals surface area (Å²) in [4.78, 5) is 42.0. The zero-order chi connectivity index (χ0) is 21.6. The number of para-hydroxylation sites is 1. The Kier molecular flexibility index (Phi) is 6.89. The van der Waals surface area contributed by atoms with Crippen LogP contribution in [0.3, 0.4) is 0 Å². The molecular formula is C24H32N4O3. The third kappa shape index (κ3) is 5.27. The lowest BCUT2D eigenvalue weighted by Crippen LogP contribution is -2.37. The quantitative estimate of drug-likeness (QED) is 0.592. The maximum atomic E-state index is 12.7. The molecule has 0 spiro atoms. The van der Waals surface area contributed by atoms with Crippen LogP contribution in [0, 0.1) is 0 Å².